The van der Waals surface area contributed by atoms with Gasteiger partial charge in [0.15, 0.2) is 5.96 Å². The molecule has 0 fully saturated rings. The van der Waals surface area contributed by atoms with Gasteiger partial charge in [-0.2, -0.15) is 0 Å². The molecule has 0 saturated heterocycles. The summed E-state index contributed by atoms with van der Waals surface area (Å²) in [5.41, 5.74) is 1.09. The van der Waals surface area contributed by atoms with Gasteiger partial charge < -0.3 is 19.9 Å². The molecule has 5 nitrogen and oxygen atoms in total. The maximum absolute atomic E-state index is 6.21. The van der Waals surface area contributed by atoms with Crippen molar-refractivity contribution in [1.82, 2.24) is 15.1 Å². The molecule has 0 amide bonds. The third-order valence-corrected chi connectivity index (χ3v) is 3.76. The van der Waals surface area contributed by atoms with E-state index in [1.165, 1.54) is 0 Å². The van der Waals surface area contributed by atoms with E-state index in [4.69, 9.17) is 16.3 Å². The first kappa shape index (κ1) is 18.7. The summed E-state index contributed by atoms with van der Waals surface area (Å²) < 4.78 is 5.07. The van der Waals surface area contributed by atoms with Crippen LogP contribution in [0.15, 0.2) is 29.3 Å². The fourth-order valence-electron chi connectivity index (χ4n) is 2.06. The van der Waals surface area contributed by atoms with Crippen LogP contribution in [0.1, 0.15) is 5.56 Å². The summed E-state index contributed by atoms with van der Waals surface area (Å²) >= 11 is 6.21. The van der Waals surface area contributed by atoms with Crippen molar-refractivity contribution in [3.8, 4) is 0 Å². The molecule has 124 valence electrons. The van der Waals surface area contributed by atoms with E-state index in [-0.39, 0.29) is 0 Å². The predicted octanol–water partition coefficient (Wildman–Crippen LogP) is 1.93. The first-order valence-corrected chi connectivity index (χ1v) is 7.79. The molecule has 1 rings (SSSR count). The van der Waals surface area contributed by atoms with Crippen molar-refractivity contribution < 1.29 is 4.74 Å². The van der Waals surface area contributed by atoms with E-state index < -0.39 is 0 Å². The van der Waals surface area contributed by atoms with Gasteiger partial charge in [0.05, 0.1) is 6.61 Å². The van der Waals surface area contributed by atoms with E-state index in [2.05, 4.69) is 27.2 Å². The third kappa shape index (κ3) is 6.64. The molecule has 0 spiro atoms. The number of methoxy groups -OCH3 is 1. The Kier molecular flexibility index (Phi) is 8.89. The molecule has 0 aliphatic heterocycles. The summed E-state index contributed by atoms with van der Waals surface area (Å²) in [5.74, 6) is 0.861. The zero-order valence-corrected chi connectivity index (χ0v) is 14.7. The second-order valence-electron chi connectivity index (χ2n) is 5.22. The van der Waals surface area contributed by atoms with Crippen LogP contribution in [-0.4, -0.2) is 70.3 Å². The number of rotatable bonds is 8. The van der Waals surface area contributed by atoms with Crippen molar-refractivity contribution in [3.05, 3.63) is 34.9 Å². The first-order valence-electron chi connectivity index (χ1n) is 7.41. The van der Waals surface area contributed by atoms with E-state index in [1.807, 2.05) is 31.3 Å². The van der Waals surface area contributed by atoms with Crippen LogP contribution in [0.3, 0.4) is 0 Å². The van der Waals surface area contributed by atoms with Crippen molar-refractivity contribution in [2.24, 2.45) is 4.99 Å². The van der Waals surface area contributed by atoms with Crippen LogP contribution in [0.5, 0.6) is 0 Å². The number of ether oxygens (including phenoxy) is 1. The van der Waals surface area contributed by atoms with Gasteiger partial charge in [0.2, 0.25) is 0 Å². The summed E-state index contributed by atoms with van der Waals surface area (Å²) in [7, 11) is 7.60. The normalized spacial score (nSPS) is 11.8. The molecule has 1 N–H and O–H groups in total. The molecule has 1 aromatic rings. The lowest BCUT2D eigenvalue weighted by Crippen LogP contribution is -2.42. The Hall–Kier alpha value is -1.30. The molecule has 0 bridgehead atoms. The minimum absolute atomic E-state index is 0.721. The molecule has 0 aliphatic carbocycles. The van der Waals surface area contributed by atoms with Crippen LogP contribution in [0.4, 0.5) is 0 Å². The lowest BCUT2D eigenvalue weighted by molar-refractivity contribution is 0.162. The number of nitrogens with zero attached hydrogens (tertiary/aromatic N) is 3. The summed E-state index contributed by atoms with van der Waals surface area (Å²) in [5, 5.41) is 4.15. The largest absolute Gasteiger partial charge is 0.383 e. The monoisotopic (exact) mass is 326 g/mol. The minimum atomic E-state index is 0.721. The SMILES string of the molecule is CN=C(NCCN(C)CCOC)N(C)Cc1ccccc1Cl. The van der Waals surface area contributed by atoms with Gasteiger partial charge in [-0.1, -0.05) is 29.8 Å². The van der Waals surface area contributed by atoms with Gasteiger partial charge in [0, 0.05) is 52.4 Å². The quantitative estimate of drug-likeness (QED) is 0.585. The molecule has 0 saturated carbocycles. The zero-order valence-electron chi connectivity index (χ0n) is 14.0. The second-order valence-corrected chi connectivity index (χ2v) is 5.62. The average molecular weight is 327 g/mol. The number of benzene rings is 1. The predicted molar refractivity (Wildman–Crippen MR) is 93.7 cm³/mol. The highest BCUT2D eigenvalue weighted by Gasteiger charge is 2.08. The molecule has 0 aliphatic rings. The Morgan fingerprint density at radius 1 is 1.27 bits per heavy atom. The second kappa shape index (κ2) is 10.4. The number of nitrogens with one attached hydrogen (secondary N) is 1. The molecule has 0 radical (unpaired) electrons. The van der Waals surface area contributed by atoms with E-state index in [0.717, 1.165) is 49.3 Å². The number of halogens is 1. The van der Waals surface area contributed by atoms with Crippen LogP contribution in [-0.2, 0) is 11.3 Å². The van der Waals surface area contributed by atoms with Gasteiger partial charge in [-0.3, -0.25) is 4.99 Å². The Labute approximate surface area is 138 Å². The standard InChI is InChI=1S/C16H27ClN4O/c1-18-16(19-9-10-20(2)11-12-22-4)21(3)13-14-7-5-6-8-15(14)17/h5-8H,9-13H2,1-4H3,(H,18,19). The van der Waals surface area contributed by atoms with Gasteiger partial charge in [0.1, 0.15) is 0 Å². The topological polar surface area (TPSA) is 40.1 Å². The molecular formula is C16H27ClN4O. The third-order valence-electron chi connectivity index (χ3n) is 3.39. The lowest BCUT2D eigenvalue weighted by Gasteiger charge is -2.24. The first-order chi connectivity index (χ1) is 10.6. The Morgan fingerprint density at radius 3 is 2.64 bits per heavy atom. The smallest absolute Gasteiger partial charge is 0.193 e. The van der Waals surface area contributed by atoms with Crippen molar-refractivity contribution in [2.75, 3.05) is 54.5 Å². The Bertz CT molecular complexity index is 467. The summed E-state index contributed by atoms with van der Waals surface area (Å²) in [4.78, 5) is 8.60. The van der Waals surface area contributed by atoms with Crippen molar-refractivity contribution in [3.63, 3.8) is 0 Å². The van der Waals surface area contributed by atoms with Gasteiger partial charge in [-0.05, 0) is 18.7 Å². The lowest BCUT2D eigenvalue weighted by atomic mass is 10.2. The van der Waals surface area contributed by atoms with Crippen molar-refractivity contribution in [2.45, 2.75) is 6.54 Å². The number of hydrogen-bond acceptors (Lipinski definition) is 3. The molecule has 0 unspecified atom stereocenters. The van der Waals surface area contributed by atoms with E-state index in [9.17, 15) is 0 Å². The Morgan fingerprint density at radius 2 is 2.00 bits per heavy atom. The van der Waals surface area contributed by atoms with E-state index >= 15 is 0 Å². The molecule has 22 heavy (non-hydrogen) atoms. The average Bonchev–Trinajstić information content (AvgIpc) is 2.51. The number of guanidine groups is 1. The molecule has 0 aromatic heterocycles. The zero-order chi connectivity index (χ0) is 16.4. The number of likely N-dealkylation sites (N-methyl/N-ethyl adjacent to an activating group) is 1. The van der Waals surface area contributed by atoms with Crippen LogP contribution in [0.2, 0.25) is 5.02 Å². The molecule has 6 heteroatoms. The highest BCUT2D eigenvalue weighted by atomic mass is 35.5. The molecule has 0 heterocycles. The molecule has 1 aromatic carbocycles. The van der Waals surface area contributed by atoms with Crippen LogP contribution in [0, 0.1) is 0 Å². The Balaban J connectivity index is 2.42. The van der Waals surface area contributed by atoms with Crippen molar-refractivity contribution >= 4 is 17.6 Å². The van der Waals surface area contributed by atoms with Crippen LogP contribution in [0.25, 0.3) is 0 Å². The van der Waals surface area contributed by atoms with E-state index in [0.29, 0.717) is 0 Å². The molecule has 0 atom stereocenters. The highest BCUT2D eigenvalue weighted by molar-refractivity contribution is 6.31. The fourth-order valence-corrected chi connectivity index (χ4v) is 2.25. The van der Waals surface area contributed by atoms with Gasteiger partial charge in [-0.25, -0.2) is 0 Å². The summed E-state index contributed by atoms with van der Waals surface area (Å²) in [6, 6.07) is 7.88. The van der Waals surface area contributed by atoms with Crippen molar-refractivity contribution in [1.29, 1.82) is 0 Å². The van der Waals surface area contributed by atoms with Crippen LogP contribution >= 0.6 is 11.6 Å². The summed E-state index contributed by atoms with van der Waals surface area (Å²) in [6.45, 7) is 4.16. The van der Waals surface area contributed by atoms with E-state index in [1.54, 1.807) is 14.2 Å². The highest BCUT2D eigenvalue weighted by Crippen LogP contribution is 2.16. The maximum Gasteiger partial charge on any atom is 0.193 e. The van der Waals surface area contributed by atoms with Gasteiger partial charge in [0.25, 0.3) is 0 Å². The number of hydrogen-bond donors (Lipinski definition) is 1. The summed E-state index contributed by atoms with van der Waals surface area (Å²) in [6.07, 6.45) is 0. The van der Waals surface area contributed by atoms with Crippen LogP contribution < -0.4 is 5.32 Å². The fraction of sp³-hybridized carbons (Fsp3) is 0.562. The number of aliphatic imine (C=N–C) groups is 1. The minimum Gasteiger partial charge on any atom is -0.383 e. The van der Waals surface area contributed by atoms with Gasteiger partial charge >= 0.3 is 0 Å². The maximum atomic E-state index is 6.21. The molecular weight excluding hydrogens is 300 g/mol. The van der Waals surface area contributed by atoms with Gasteiger partial charge in [-0.15, -0.1) is 0 Å².